The number of rotatable bonds is 3. The lowest BCUT2D eigenvalue weighted by atomic mass is 9.86. The molecule has 2 amide bonds. The highest BCUT2D eigenvalue weighted by atomic mass is 16.2. The summed E-state index contributed by atoms with van der Waals surface area (Å²) in [4.78, 5) is 28.2. The molecule has 4 unspecified atom stereocenters. The normalized spacial score (nSPS) is 35.6. The molecule has 1 saturated heterocycles. The zero-order valence-electron chi connectivity index (χ0n) is 12.7. The minimum absolute atomic E-state index is 0.0868. The third-order valence-corrected chi connectivity index (χ3v) is 5.62. The molecule has 3 rings (SSSR count). The lowest BCUT2D eigenvalue weighted by Gasteiger charge is -2.29. The van der Waals surface area contributed by atoms with E-state index in [1.54, 1.807) is 19.0 Å². The molecule has 4 nitrogen and oxygen atoms in total. The summed E-state index contributed by atoms with van der Waals surface area (Å²) >= 11 is 0. The molecule has 0 aromatic heterocycles. The highest BCUT2D eigenvalue weighted by Gasteiger charge is 2.42. The van der Waals surface area contributed by atoms with Gasteiger partial charge in [-0.25, -0.2) is 0 Å². The Hall–Kier alpha value is -1.06. The molecule has 3 aliphatic rings. The zero-order chi connectivity index (χ0) is 14.3. The highest BCUT2D eigenvalue weighted by molar-refractivity contribution is 5.88. The van der Waals surface area contributed by atoms with E-state index in [0.29, 0.717) is 12.3 Å². The smallest absolute Gasteiger partial charge is 0.244 e. The molecule has 112 valence electrons. The van der Waals surface area contributed by atoms with Crippen LogP contribution in [0.15, 0.2) is 0 Å². The van der Waals surface area contributed by atoms with Crippen LogP contribution < -0.4 is 0 Å². The van der Waals surface area contributed by atoms with E-state index in [0.717, 1.165) is 31.2 Å². The molecule has 3 fully saturated rings. The first-order valence-corrected chi connectivity index (χ1v) is 8.07. The largest absolute Gasteiger partial charge is 0.347 e. The molecule has 0 N–H and O–H groups in total. The van der Waals surface area contributed by atoms with Gasteiger partial charge in [-0.05, 0) is 49.9 Å². The predicted molar refractivity (Wildman–Crippen MR) is 77.0 cm³/mol. The van der Waals surface area contributed by atoms with Gasteiger partial charge in [-0.15, -0.1) is 0 Å². The molecule has 2 aliphatic carbocycles. The molecule has 20 heavy (non-hydrogen) atoms. The Bertz CT molecular complexity index is 407. The predicted octanol–water partition coefficient (Wildman–Crippen LogP) is 1.89. The number of amides is 2. The van der Waals surface area contributed by atoms with Gasteiger partial charge >= 0.3 is 0 Å². The number of hydrogen-bond acceptors (Lipinski definition) is 2. The van der Waals surface area contributed by atoms with Gasteiger partial charge in [0.05, 0.1) is 0 Å². The van der Waals surface area contributed by atoms with E-state index in [1.807, 2.05) is 4.90 Å². The number of hydrogen-bond donors (Lipinski definition) is 0. The van der Waals surface area contributed by atoms with Crippen LogP contribution in [0.2, 0.25) is 0 Å². The fourth-order valence-corrected chi connectivity index (χ4v) is 4.59. The van der Waals surface area contributed by atoms with Crippen LogP contribution in [0.5, 0.6) is 0 Å². The van der Waals surface area contributed by atoms with E-state index in [1.165, 1.54) is 25.7 Å². The van der Waals surface area contributed by atoms with Crippen molar-refractivity contribution < 1.29 is 9.59 Å². The van der Waals surface area contributed by atoms with E-state index >= 15 is 0 Å². The quantitative estimate of drug-likeness (QED) is 0.791. The molecular formula is C16H26N2O2. The van der Waals surface area contributed by atoms with Gasteiger partial charge in [0.15, 0.2) is 0 Å². The summed E-state index contributed by atoms with van der Waals surface area (Å²) in [5.41, 5.74) is 0. The number of fused-ring (bicyclic) bond motifs is 2. The lowest BCUT2D eigenvalue weighted by Crippen LogP contribution is -2.46. The minimum atomic E-state index is -0.198. The summed E-state index contributed by atoms with van der Waals surface area (Å²) in [6.45, 7) is 0.768. The Morgan fingerprint density at radius 3 is 2.55 bits per heavy atom. The third kappa shape index (κ3) is 2.45. The molecule has 2 bridgehead atoms. The summed E-state index contributed by atoms with van der Waals surface area (Å²) in [6.07, 6.45) is 7.77. The SMILES string of the molecule is CN(C)C(=O)C1CCCN1C(=O)CC1CC2CCC1C2. The van der Waals surface area contributed by atoms with Gasteiger partial charge in [-0.3, -0.25) is 9.59 Å². The Morgan fingerprint density at radius 1 is 1.15 bits per heavy atom. The fraction of sp³-hybridized carbons (Fsp3) is 0.875. The standard InChI is InChI=1S/C16H26N2O2/c1-17(2)16(20)14-4-3-7-18(14)15(19)10-13-9-11-5-6-12(13)8-11/h11-14H,3-10H2,1-2H3. The van der Waals surface area contributed by atoms with Crippen LogP contribution in [0, 0.1) is 17.8 Å². The van der Waals surface area contributed by atoms with Gasteiger partial charge in [0.1, 0.15) is 6.04 Å². The van der Waals surface area contributed by atoms with Crippen LogP contribution in [0.3, 0.4) is 0 Å². The number of nitrogens with zero attached hydrogens (tertiary/aromatic N) is 2. The summed E-state index contributed by atoms with van der Waals surface area (Å²) in [6, 6.07) is -0.198. The number of likely N-dealkylation sites (tertiary alicyclic amines) is 1. The fourth-order valence-electron chi connectivity index (χ4n) is 4.59. The lowest BCUT2D eigenvalue weighted by molar-refractivity contribution is -0.143. The first kappa shape index (κ1) is 13.9. The second-order valence-corrected chi connectivity index (χ2v) is 7.12. The molecule has 1 aliphatic heterocycles. The molecule has 2 saturated carbocycles. The van der Waals surface area contributed by atoms with E-state index < -0.39 is 0 Å². The Morgan fingerprint density at radius 2 is 1.95 bits per heavy atom. The molecule has 4 heteroatoms. The topological polar surface area (TPSA) is 40.6 Å². The number of likely N-dealkylation sites (N-methyl/N-ethyl adjacent to an activating group) is 1. The monoisotopic (exact) mass is 278 g/mol. The first-order chi connectivity index (χ1) is 9.56. The zero-order valence-corrected chi connectivity index (χ0v) is 12.7. The molecule has 1 heterocycles. The van der Waals surface area contributed by atoms with Crippen molar-refractivity contribution in [2.75, 3.05) is 20.6 Å². The van der Waals surface area contributed by atoms with Crippen molar-refractivity contribution in [3.63, 3.8) is 0 Å². The van der Waals surface area contributed by atoms with Crippen molar-refractivity contribution in [2.45, 2.75) is 51.0 Å². The molecular weight excluding hydrogens is 252 g/mol. The van der Waals surface area contributed by atoms with Gasteiger partial charge in [-0.2, -0.15) is 0 Å². The minimum Gasteiger partial charge on any atom is -0.347 e. The average molecular weight is 278 g/mol. The Labute approximate surface area is 121 Å². The molecule has 0 radical (unpaired) electrons. The van der Waals surface area contributed by atoms with E-state index in [-0.39, 0.29) is 17.9 Å². The third-order valence-electron chi connectivity index (χ3n) is 5.62. The van der Waals surface area contributed by atoms with Gasteiger partial charge < -0.3 is 9.80 Å². The van der Waals surface area contributed by atoms with Crippen LogP contribution >= 0.6 is 0 Å². The molecule has 0 aromatic carbocycles. The van der Waals surface area contributed by atoms with Crippen LogP contribution in [0.1, 0.15) is 44.9 Å². The van der Waals surface area contributed by atoms with E-state index in [9.17, 15) is 9.59 Å². The van der Waals surface area contributed by atoms with Crippen molar-refractivity contribution >= 4 is 11.8 Å². The average Bonchev–Trinajstić information content (AvgIpc) is 3.13. The van der Waals surface area contributed by atoms with Gasteiger partial charge in [0.25, 0.3) is 0 Å². The van der Waals surface area contributed by atoms with Crippen molar-refractivity contribution in [3.8, 4) is 0 Å². The maximum Gasteiger partial charge on any atom is 0.244 e. The van der Waals surface area contributed by atoms with E-state index in [2.05, 4.69) is 0 Å². The van der Waals surface area contributed by atoms with Crippen LogP contribution in [-0.2, 0) is 9.59 Å². The number of carbonyl (C=O) groups excluding carboxylic acids is 2. The Kier molecular flexibility index (Phi) is 3.74. The van der Waals surface area contributed by atoms with E-state index in [4.69, 9.17) is 0 Å². The summed E-state index contributed by atoms with van der Waals surface area (Å²) in [5, 5.41) is 0. The van der Waals surface area contributed by atoms with Gasteiger partial charge in [-0.1, -0.05) is 6.42 Å². The van der Waals surface area contributed by atoms with Crippen molar-refractivity contribution in [3.05, 3.63) is 0 Å². The molecule has 4 atom stereocenters. The van der Waals surface area contributed by atoms with Crippen LogP contribution in [0.4, 0.5) is 0 Å². The van der Waals surface area contributed by atoms with Crippen LogP contribution in [-0.4, -0.2) is 48.3 Å². The van der Waals surface area contributed by atoms with Gasteiger partial charge in [0.2, 0.25) is 11.8 Å². The van der Waals surface area contributed by atoms with Crippen molar-refractivity contribution in [1.29, 1.82) is 0 Å². The summed E-state index contributed by atoms with van der Waals surface area (Å²) in [7, 11) is 3.55. The summed E-state index contributed by atoms with van der Waals surface area (Å²) in [5.74, 6) is 2.58. The number of carbonyl (C=O) groups is 2. The van der Waals surface area contributed by atoms with Crippen molar-refractivity contribution in [1.82, 2.24) is 9.80 Å². The summed E-state index contributed by atoms with van der Waals surface area (Å²) < 4.78 is 0. The molecule has 0 aromatic rings. The maximum atomic E-state index is 12.6. The highest BCUT2D eigenvalue weighted by Crippen LogP contribution is 2.49. The van der Waals surface area contributed by atoms with Crippen LogP contribution in [0.25, 0.3) is 0 Å². The van der Waals surface area contributed by atoms with Crippen molar-refractivity contribution in [2.24, 2.45) is 17.8 Å². The second-order valence-electron chi connectivity index (χ2n) is 7.12. The maximum absolute atomic E-state index is 12.6. The van der Waals surface area contributed by atoms with Gasteiger partial charge in [0, 0.05) is 27.1 Å². The first-order valence-electron chi connectivity index (χ1n) is 8.07. The second kappa shape index (κ2) is 5.38. The Balaban J connectivity index is 1.60. The molecule has 0 spiro atoms.